The highest BCUT2D eigenvalue weighted by atomic mass is 16.1. The Balaban J connectivity index is 1.35. The van der Waals surface area contributed by atoms with Crippen LogP contribution >= 0.6 is 0 Å². The first-order valence-electron chi connectivity index (χ1n) is 16.2. The van der Waals surface area contributed by atoms with Crippen molar-refractivity contribution in [3.8, 4) is 55.6 Å². The van der Waals surface area contributed by atoms with Crippen LogP contribution in [-0.4, -0.2) is 5.78 Å². The topological polar surface area (TPSA) is 17.1 Å². The van der Waals surface area contributed by atoms with Gasteiger partial charge in [-0.1, -0.05) is 151 Å². The predicted octanol–water partition coefficient (Wildman–Crippen LogP) is 12.2. The number of hydrogen-bond acceptors (Lipinski definition) is 1. The predicted molar refractivity (Wildman–Crippen MR) is 194 cm³/mol. The molecule has 0 atom stereocenters. The van der Waals surface area contributed by atoms with Crippen molar-refractivity contribution in [3.05, 3.63) is 156 Å². The third kappa shape index (κ3) is 5.31. The fraction of sp³-hybridized carbons (Fsp3) is 0.178. The van der Waals surface area contributed by atoms with Crippen LogP contribution in [0.1, 0.15) is 68.6 Å². The van der Waals surface area contributed by atoms with Crippen molar-refractivity contribution in [2.24, 2.45) is 0 Å². The summed E-state index contributed by atoms with van der Waals surface area (Å²) < 4.78 is 0. The van der Waals surface area contributed by atoms with E-state index in [1.165, 1.54) is 33.4 Å². The molecule has 1 aliphatic carbocycles. The first-order valence-corrected chi connectivity index (χ1v) is 16.2. The van der Waals surface area contributed by atoms with Gasteiger partial charge in [0.2, 0.25) is 0 Å². The van der Waals surface area contributed by atoms with Gasteiger partial charge >= 0.3 is 0 Å². The zero-order valence-corrected chi connectivity index (χ0v) is 27.6. The van der Waals surface area contributed by atoms with E-state index in [1.54, 1.807) is 0 Å². The highest BCUT2D eigenvalue weighted by Gasteiger charge is 2.33. The second-order valence-corrected chi connectivity index (χ2v) is 14.6. The zero-order valence-electron chi connectivity index (χ0n) is 27.6. The molecule has 1 nitrogen and oxygen atoms in total. The van der Waals surface area contributed by atoms with E-state index in [0.717, 1.165) is 44.5 Å². The summed E-state index contributed by atoms with van der Waals surface area (Å²) in [6.45, 7) is 13.6. The molecule has 7 rings (SSSR count). The minimum Gasteiger partial charge on any atom is -0.289 e. The molecule has 1 aliphatic rings. The number of carbonyl (C=O) groups excluding carboxylic acids is 1. The summed E-state index contributed by atoms with van der Waals surface area (Å²) in [7, 11) is 0. The normalized spacial score (nSPS) is 12.6. The van der Waals surface area contributed by atoms with Gasteiger partial charge in [-0.05, 0) is 102 Å². The average Bonchev–Trinajstić information content (AvgIpc) is 3.33. The molecule has 0 saturated carbocycles. The second kappa shape index (κ2) is 11.1. The molecule has 0 aliphatic heterocycles. The third-order valence-corrected chi connectivity index (χ3v) is 9.32. The van der Waals surface area contributed by atoms with Crippen LogP contribution in [0.15, 0.2) is 133 Å². The van der Waals surface area contributed by atoms with Gasteiger partial charge in [0.1, 0.15) is 0 Å². The monoisotopic (exact) mass is 596 g/mol. The number of carbonyl (C=O) groups is 1. The SMILES string of the molecule is CC(C)(C)c1cc2c(cc1-c1ccc(-c3ccccc3)cc1)C(=O)c1cc(-c3ccc(-c4ccccc4)cc3)c(C(C)(C)C)cc1-2. The number of hydrogen-bond donors (Lipinski definition) is 0. The lowest BCUT2D eigenvalue weighted by atomic mass is 9.78. The van der Waals surface area contributed by atoms with E-state index in [9.17, 15) is 4.79 Å². The highest BCUT2D eigenvalue weighted by molar-refractivity contribution is 6.23. The summed E-state index contributed by atoms with van der Waals surface area (Å²) in [5.74, 6) is 0.107. The van der Waals surface area contributed by atoms with Crippen molar-refractivity contribution in [1.29, 1.82) is 0 Å². The lowest BCUT2D eigenvalue weighted by Crippen LogP contribution is -2.14. The van der Waals surface area contributed by atoms with E-state index in [-0.39, 0.29) is 16.6 Å². The van der Waals surface area contributed by atoms with Crippen LogP contribution in [0.5, 0.6) is 0 Å². The molecule has 0 N–H and O–H groups in total. The number of rotatable bonds is 4. The quantitative estimate of drug-likeness (QED) is 0.197. The fourth-order valence-electron chi connectivity index (χ4n) is 6.83. The van der Waals surface area contributed by atoms with E-state index < -0.39 is 0 Å². The molecule has 0 spiro atoms. The molecule has 0 radical (unpaired) electrons. The van der Waals surface area contributed by atoms with Crippen LogP contribution in [0.2, 0.25) is 0 Å². The summed E-state index contributed by atoms with van der Waals surface area (Å²) >= 11 is 0. The Morgan fingerprint density at radius 2 is 0.630 bits per heavy atom. The van der Waals surface area contributed by atoms with Crippen molar-refractivity contribution >= 4 is 5.78 Å². The van der Waals surface area contributed by atoms with Crippen LogP contribution in [0.4, 0.5) is 0 Å². The lowest BCUT2D eigenvalue weighted by molar-refractivity contribution is 0.104. The maximum atomic E-state index is 14.3. The minimum absolute atomic E-state index is 0.107. The van der Waals surface area contributed by atoms with Crippen LogP contribution in [0.25, 0.3) is 55.6 Å². The minimum atomic E-state index is -0.110. The van der Waals surface area contributed by atoms with E-state index in [0.29, 0.717) is 0 Å². The van der Waals surface area contributed by atoms with Crippen molar-refractivity contribution in [2.45, 2.75) is 52.4 Å². The molecule has 6 aromatic rings. The number of ketones is 1. The molecule has 1 heteroatoms. The lowest BCUT2D eigenvalue weighted by Gasteiger charge is -2.26. The molecule has 6 aromatic carbocycles. The Hall–Kier alpha value is -5.01. The van der Waals surface area contributed by atoms with Crippen LogP contribution in [0, 0.1) is 0 Å². The van der Waals surface area contributed by atoms with Gasteiger partial charge < -0.3 is 0 Å². The Bertz CT molecular complexity index is 1920. The van der Waals surface area contributed by atoms with E-state index in [1.807, 2.05) is 12.1 Å². The second-order valence-electron chi connectivity index (χ2n) is 14.6. The maximum Gasteiger partial charge on any atom is 0.194 e. The number of benzene rings is 6. The van der Waals surface area contributed by atoms with Crippen LogP contribution in [0.3, 0.4) is 0 Å². The summed E-state index contributed by atoms with van der Waals surface area (Å²) in [5.41, 5.74) is 15.2. The average molecular weight is 597 g/mol. The van der Waals surface area contributed by atoms with Gasteiger partial charge in [0.15, 0.2) is 5.78 Å². The van der Waals surface area contributed by atoms with Crippen LogP contribution in [-0.2, 0) is 10.8 Å². The summed E-state index contributed by atoms with van der Waals surface area (Å²) in [5, 5.41) is 0. The summed E-state index contributed by atoms with van der Waals surface area (Å²) in [6, 6.07) is 47.3. The van der Waals surface area contributed by atoms with Crippen molar-refractivity contribution in [1.82, 2.24) is 0 Å². The molecule has 0 aromatic heterocycles. The molecule has 0 fully saturated rings. The van der Waals surface area contributed by atoms with Gasteiger partial charge in [-0.25, -0.2) is 0 Å². The fourth-order valence-corrected chi connectivity index (χ4v) is 6.83. The van der Waals surface area contributed by atoms with Crippen molar-refractivity contribution in [3.63, 3.8) is 0 Å². The molecule has 226 valence electrons. The molecule has 0 amide bonds. The largest absolute Gasteiger partial charge is 0.289 e. The van der Waals surface area contributed by atoms with Crippen molar-refractivity contribution < 1.29 is 4.79 Å². The van der Waals surface area contributed by atoms with Gasteiger partial charge in [0, 0.05) is 11.1 Å². The Morgan fingerprint density at radius 1 is 0.326 bits per heavy atom. The van der Waals surface area contributed by atoms with Gasteiger partial charge in [-0.3, -0.25) is 4.79 Å². The first-order chi connectivity index (χ1) is 22.0. The Labute approximate surface area is 273 Å². The molecule has 0 bridgehead atoms. The zero-order chi connectivity index (χ0) is 32.2. The van der Waals surface area contributed by atoms with Crippen LogP contribution < -0.4 is 0 Å². The van der Waals surface area contributed by atoms with Crippen molar-refractivity contribution in [2.75, 3.05) is 0 Å². The smallest absolute Gasteiger partial charge is 0.194 e. The molecular formula is C45H40O. The van der Waals surface area contributed by atoms with Gasteiger partial charge in [0.05, 0.1) is 0 Å². The molecule has 0 unspecified atom stereocenters. The standard InChI is InChI=1S/C45H40O/c1-44(2,3)41-27-37-38-28-42(45(4,5)6)36(34-23-19-32(20-24-34)30-15-11-8-12-16-30)26-40(38)43(46)39(37)25-35(41)33-21-17-31(18-22-33)29-13-9-7-10-14-29/h7-28H,1-6H3. The maximum absolute atomic E-state index is 14.3. The highest BCUT2D eigenvalue weighted by Crippen LogP contribution is 2.47. The summed E-state index contributed by atoms with van der Waals surface area (Å²) in [4.78, 5) is 14.3. The number of fused-ring (bicyclic) bond motifs is 3. The molecule has 0 saturated heterocycles. The first kappa shape index (κ1) is 29.7. The molecular weight excluding hydrogens is 556 g/mol. The van der Waals surface area contributed by atoms with E-state index in [4.69, 9.17) is 0 Å². The van der Waals surface area contributed by atoms with Gasteiger partial charge in [-0.2, -0.15) is 0 Å². The third-order valence-electron chi connectivity index (χ3n) is 9.32. The Kier molecular flexibility index (Phi) is 7.17. The molecule has 0 heterocycles. The van der Waals surface area contributed by atoms with Gasteiger partial charge in [-0.15, -0.1) is 0 Å². The van der Waals surface area contributed by atoms with E-state index >= 15 is 0 Å². The van der Waals surface area contributed by atoms with E-state index in [2.05, 4.69) is 163 Å². The Morgan fingerprint density at radius 3 is 0.957 bits per heavy atom. The molecule has 46 heavy (non-hydrogen) atoms. The summed E-state index contributed by atoms with van der Waals surface area (Å²) in [6.07, 6.45) is 0. The van der Waals surface area contributed by atoms with Gasteiger partial charge in [0.25, 0.3) is 0 Å².